The number of aryl methyl sites for hydroxylation is 3. The van der Waals surface area contributed by atoms with E-state index in [0.717, 1.165) is 5.56 Å². The molecule has 1 amide bonds. The lowest BCUT2D eigenvalue weighted by Gasteiger charge is -2.15. The Balaban J connectivity index is 2.21. The Kier molecular flexibility index (Phi) is 4.93. The van der Waals surface area contributed by atoms with Crippen molar-refractivity contribution in [2.75, 3.05) is 5.32 Å². The molecule has 0 aliphatic rings. The maximum atomic E-state index is 12.9. The number of imidazole rings is 1. The third-order valence-electron chi connectivity index (χ3n) is 4.86. The molecular formula is C20H23N3O4S. The third kappa shape index (κ3) is 3.24. The molecule has 0 bridgehead atoms. The molecule has 0 spiro atoms. The van der Waals surface area contributed by atoms with E-state index in [1.165, 1.54) is 21.3 Å². The van der Waals surface area contributed by atoms with Gasteiger partial charge in [-0.2, -0.15) is 0 Å². The minimum atomic E-state index is -3.69. The molecule has 1 N–H and O–H groups in total. The number of amides is 1. The van der Waals surface area contributed by atoms with Gasteiger partial charge < -0.3 is 5.32 Å². The maximum absolute atomic E-state index is 12.9. The first-order valence-electron chi connectivity index (χ1n) is 8.85. The molecule has 0 radical (unpaired) electrons. The zero-order chi connectivity index (χ0) is 20.8. The predicted molar refractivity (Wildman–Crippen MR) is 110 cm³/mol. The van der Waals surface area contributed by atoms with Crippen molar-refractivity contribution >= 4 is 32.5 Å². The lowest BCUT2D eigenvalue weighted by Crippen LogP contribution is -2.19. The van der Waals surface area contributed by atoms with Gasteiger partial charge in [-0.05, 0) is 45.0 Å². The Bertz CT molecular complexity index is 1230. The number of fused-ring (bicyclic) bond motifs is 1. The number of carbonyl (C=O) groups excluding carboxylic acids is 1. The Labute approximate surface area is 163 Å². The second kappa shape index (κ2) is 6.94. The zero-order valence-corrected chi connectivity index (χ0v) is 17.3. The van der Waals surface area contributed by atoms with Crippen LogP contribution in [0, 0.1) is 6.92 Å². The Morgan fingerprint density at radius 1 is 1.00 bits per heavy atom. The van der Waals surface area contributed by atoms with Crippen LogP contribution >= 0.6 is 0 Å². The highest BCUT2D eigenvalue weighted by molar-refractivity contribution is 7.92. The minimum absolute atomic E-state index is 0.00309. The highest BCUT2D eigenvalue weighted by atomic mass is 32.2. The Hall–Kier alpha value is -2.87. The normalized spacial score (nSPS) is 11.9. The van der Waals surface area contributed by atoms with Crippen molar-refractivity contribution in [1.82, 2.24) is 9.13 Å². The van der Waals surface area contributed by atoms with Crippen LogP contribution in [0.25, 0.3) is 11.0 Å². The van der Waals surface area contributed by atoms with E-state index in [1.807, 2.05) is 19.1 Å². The number of carbonyl (C=O) groups is 1. The summed E-state index contributed by atoms with van der Waals surface area (Å²) in [7, 11) is -0.505. The van der Waals surface area contributed by atoms with E-state index in [-0.39, 0.29) is 16.3 Å². The molecule has 0 aliphatic heterocycles. The van der Waals surface area contributed by atoms with Gasteiger partial charge in [-0.15, -0.1) is 0 Å². The minimum Gasteiger partial charge on any atom is -0.321 e. The van der Waals surface area contributed by atoms with Crippen LogP contribution in [0.4, 0.5) is 5.69 Å². The molecule has 0 unspecified atom stereocenters. The SMILES string of the molecule is Cc1ccc(C(=O)Nc2cc3c(cc2S(=O)(=O)C(C)C)n(C)c(=O)n3C)cc1. The number of sulfone groups is 1. The molecule has 3 aromatic rings. The van der Waals surface area contributed by atoms with Gasteiger partial charge in [0, 0.05) is 19.7 Å². The van der Waals surface area contributed by atoms with Crippen molar-refractivity contribution < 1.29 is 13.2 Å². The second-order valence-electron chi connectivity index (χ2n) is 7.15. The highest BCUT2D eigenvalue weighted by Crippen LogP contribution is 2.30. The van der Waals surface area contributed by atoms with Crippen LogP contribution < -0.4 is 11.0 Å². The molecule has 8 heteroatoms. The number of anilines is 1. The molecule has 1 heterocycles. The number of benzene rings is 2. The van der Waals surface area contributed by atoms with Crippen LogP contribution in [-0.2, 0) is 23.9 Å². The van der Waals surface area contributed by atoms with E-state index in [9.17, 15) is 18.0 Å². The average Bonchev–Trinajstić information content (AvgIpc) is 2.85. The van der Waals surface area contributed by atoms with E-state index >= 15 is 0 Å². The van der Waals surface area contributed by atoms with Gasteiger partial charge in [0.25, 0.3) is 5.91 Å². The fourth-order valence-corrected chi connectivity index (χ4v) is 4.21. The topological polar surface area (TPSA) is 90.2 Å². The van der Waals surface area contributed by atoms with E-state index in [4.69, 9.17) is 0 Å². The number of hydrogen-bond donors (Lipinski definition) is 1. The summed E-state index contributed by atoms with van der Waals surface area (Å²) in [6.07, 6.45) is 0. The van der Waals surface area contributed by atoms with Gasteiger partial charge in [0.05, 0.1) is 26.9 Å². The average molecular weight is 401 g/mol. The molecule has 0 saturated heterocycles. The van der Waals surface area contributed by atoms with Crippen molar-refractivity contribution in [2.45, 2.75) is 30.9 Å². The Morgan fingerprint density at radius 3 is 2.07 bits per heavy atom. The number of rotatable bonds is 4. The molecule has 0 fully saturated rings. The first-order valence-corrected chi connectivity index (χ1v) is 10.4. The molecule has 0 atom stereocenters. The second-order valence-corrected chi connectivity index (χ2v) is 9.62. The molecule has 28 heavy (non-hydrogen) atoms. The molecule has 1 aromatic heterocycles. The molecule has 0 aliphatic carbocycles. The van der Waals surface area contributed by atoms with Gasteiger partial charge in [-0.3, -0.25) is 13.9 Å². The fraction of sp³-hybridized carbons (Fsp3) is 0.300. The fourth-order valence-electron chi connectivity index (χ4n) is 3.01. The molecule has 0 saturated carbocycles. The van der Waals surface area contributed by atoms with Gasteiger partial charge in [0.1, 0.15) is 0 Å². The van der Waals surface area contributed by atoms with Crippen molar-refractivity contribution in [3.63, 3.8) is 0 Å². The van der Waals surface area contributed by atoms with Gasteiger partial charge in [0.2, 0.25) is 0 Å². The van der Waals surface area contributed by atoms with Crippen LogP contribution in [0.1, 0.15) is 29.8 Å². The van der Waals surface area contributed by atoms with Crippen LogP contribution in [0.15, 0.2) is 46.1 Å². The molecule has 3 rings (SSSR count). The van der Waals surface area contributed by atoms with Crippen molar-refractivity contribution in [3.8, 4) is 0 Å². The number of aromatic nitrogens is 2. The van der Waals surface area contributed by atoms with Crippen molar-refractivity contribution in [1.29, 1.82) is 0 Å². The standard InChI is InChI=1S/C20H23N3O4S/c1-12(2)28(26,27)18-11-17-16(22(4)20(25)23(17)5)10-15(18)21-19(24)14-8-6-13(3)7-9-14/h6-12H,1-5H3,(H,21,24). The quantitative estimate of drug-likeness (QED) is 0.728. The van der Waals surface area contributed by atoms with Gasteiger partial charge in [0.15, 0.2) is 9.84 Å². The van der Waals surface area contributed by atoms with E-state index in [1.54, 1.807) is 40.1 Å². The van der Waals surface area contributed by atoms with Gasteiger partial charge in [-0.1, -0.05) is 17.7 Å². The van der Waals surface area contributed by atoms with Crippen LogP contribution in [0.5, 0.6) is 0 Å². The lowest BCUT2D eigenvalue weighted by molar-refractivity contribution is 0.102. The smallest absolute Gasteiger partial charge is 0.321 e. The summed E-state index contributed by atoms with van der Waals surface area (Å²) in [5.74, 6) is -0.416. The maximum Gasteiger partial charge on any atom is 0.328 e. The van der Waals surface area contributed by atoms with Crippen LogP contribution in [0.3, 0.4) is 0 Å². The first kappa shape index (κ1) is 19.9. The predicted octanol–water partition coefficient (Wildman–Crippen LogP) is 2.62. The van der Waals surface area contributed by atoms with Crippen molar-refractivity contribution in [2.24, 2.45) is 14.1 Å². The monoisotopic (exact) mass is 401 g/mol. The molecule has 148 valence electrons. The van der Waals surface area contributed by atoms with Gasteiger partial charge >= 0.3 is 5.69 Å². The summed E-state index contributed by atoms with van der Waals surface area (Å²) in [4.78, 5) is 24.9. The summed E-state index contributed by atoms with van der Waals surface area (Å²) in [5, 5.41) is 2.03. The zero-order valence-electron chi connectivity index (χ0n) is 16.5. The summed E-state index contributed by atoms with van der Waals surface area (Å²) < 4.78 is 28.6. The summed E-state index contributed by atoms with van der Waals surface area (Å²) >= 11 is 0. The van der Waals surface area contributed by atoms with E-state index in [2.05, 4.69) is 5.32 Å². The molecule has 2 aromatic carbocycles. The summed E-state index contributed by atoms with van der Waals surface area (Å²) in [6.45, 7) is 5.07. The van der Waals surface area contributed by atoms with Crippen molar-refractivity contribution in [3.05, 3.63) is 58.0 Å². The third-order valence-corrected chi connectivity index (χ3v) is 7.05. The highest BCUT2D eigenvalue weighted by Gasteiger charge is 2.26. The van der Waals surface area contributed by atoms with Gasteiger partial charge in [-0.25, -0.2) is 13.2 Å². The van der Waals surface area contributed by atoms with E-state index in [0.29, 0.717) is 16.6 Å². The number of hydrogen-bond acceptors (Lipinski definition) is 4. The number of nitrogens with zero attached hydrogens (tertiary/aromatic N) is 2. The van der Waals surface area contributed by atoms with Crippen LogP contribution in [-0.4, -0.2) is 28.7 Å². The molecular weight excluding hydrogens is 378 g/mol. The van der Waals surface area contributed by atoms with E-state index < -0.39 is 21.0 Å². The first-order chi connectivity index (χ1) is 13.0. The lowest BCUT2D eigenvalue weighted by atomic mass is 10.1. The molecule has 7 nitrogen and oxygen atoms in total. The largest absolute Gasteiger partial charge is 0.328 e. The number of nitrogens with one attached hydrogen (secondary N) is 1. The Morgan fingerprint density at radius 2 is 1.54 bits per heavy atom. The summed E-state index contributed by atoms with van der Waals surface area (Å²) in [5.41, 5.74) is 2.34. The summed E-state index contributed by atoms with van der Waals surface area (Å²) in [6, 6.07) is 9.97. The van der Waals surface area contributed by atoms with Crippen LogP contribution in [0.2, 0.25) is 0 Å².